The van der Waals surface area contributed by atoms with Crippen molar-refractivity contribution in [3.63, 3.8) is 0 Å². The van der Waals surface area contributed by atoms with E-state index in [0.717, 1.165) is 37.1 Å². The predicted molar refractivity (Wildman–Crippen MR) is 61.0 cm³/mol. The Morgan fingerprint density at radius 1 is 1.47 bits per heavy atom. The lowest BCUT2D eigenvalue weighted by atomic mass is 10.1. The lowest BCUT2D eigenvalue weighted by Gasteiger charge is -2.16. The fraction of sp³-hybridized carbons (Fsp3) is 0.636. The first kappa shape index (κ1) is 10.4. The molecule has 1 N–H and O–H groups in total. The largest absolute Gasteiger partial charge is 0.355 e. The minimum atomic E-state index is 0.748. The highest BCUT2D eigenvalue weighted by Gasteiger charge is 2.22. The van der Waals surface area contributed by atoms with E-state index in [1.807, 2.05) is 20.0 Å². The van der Waals surface area contributed by atoms with E-state index in [1.54, 1.807) is 0 Å². The van der Waals surface area contributed by atoms with Gasteiger partial charge in [0.15, 0.2) is 5.82 Å². The molecule has 0 amide bonds. The summed E-state index contributed by atoms with van der Waals surface area (Å²) in [7, 11) is 2.01. The minimum Gasteiger partial charge on any atom is -0.355 e. The number of rotatable bonds is 3. The molecule has 15 heavy (non-hydrogen) atoms. The van der Waals surface area contributed by atoms with Gasteiger partial charge in [-0.1, -0.05) is 0 Å². The van der Waals surface area contributed by atoms with E-state index >= 15 is 0 Å². The minimum absolute atomic E-state index is 0.748. The number of hydrogen-bond donors (Lipinski definition) is 1. The van der Waals surface area contributed by atoms with Crippen LogP contribution in [0.1, 0.15) is 12.1 Å². The molecule has 0 spiro atoms. The van der Waals surface area contributed by atoms with Crippen LogP contribution in [-0.4, -0.2) is 36.9 Å². The average Bonchev–Trinajstić information content (AvgIpc) is 2.68. The summed E-state index contributed by atoms with van der Waals surface area (Å²) >= 11 is 0. The average molecular weight is 206 g/mol. The standard InChI is InChI=1S/C11H18N4/c1-9-3-4-11(14-13-9)15-6-5-10(8-15)7-12-2/h3-4,10,12H,5-8H2,1-2H3. The fourth-order valence-corrected chi connectivity index (χ4v) is 2.06. The molecular weight excluding hydrogens is 188 g/mol. The van der Waals surface area contributed by atoms with Gasteiger partial charge in [0.25, 0.3) is 0 Å². The second-order valence-corrected chi connectivity index (χ2v) is 4.19. The second-order valence-electron chi connectivity index (χ2n) is 4.19. The van der Waals surface area contributed by atoms with Crippen molar-refractivity contribution in [3.8, 4) is 0 Å². The van der Waals surface area contributed by atoms with Gasteiger partial charge in [-0.05, 0) is 45.0 Å². The molecule has 1 aromatic rings. The summed E-state index contributed by atoms with van der Waals surface area (Å²) in [4.78, 5) is 2.31. The van der Waals surface area contributed by atoms with Crippen molar-refractivity contribution in [3.05, 3.63) is 17.8 Å². The van der Waals surface area contributed by atoms with Crippen LogP contribution < -0.4 is 10.2 Å². The first-order valence-electron chi connectivity index (χ1n) is 5.49. The van der Waals surface area contributed by atoms with E-state index in [9.17, 15) is 0 Å². The molecular formula is C11H18N4. The first-order chi connectivity index (χ1) is 7.29. The third kappa shape index (κ3) is 2.45. The molecule has 1 unspecified atom stereocenters. The van der Waals surface area contributed by atoms with Gasteiger partial charge in [-0.25, -0.2) is 0 Å². The molecule has 2 rings (SSSR count). The van der Waals surface area contributed by atoms with E-state index in [0.29, 0.717) is 0 Å². The zero-order chi connectivity index (χ0) is 10.7. The van der Waals surface area contributed by atoms with Crippen LogP contribution >= 0.6 is 0 Å². The topological polar surface area (TPSA) is 41.0 Å². The van der Waals surface area contributed by atoms with Gasteiger partial charge in [0.05, 0.1) is 5.69 Å². The highest BCUT2D eigenvalue weighted by atomic mass is 15.3. The van der Waals surface area contributed by atoms with Gasteiger partial charge in [-0.3, -0.25) is 0 Å². The molecule has 0 aromatic carbocycles. The normalized spacial score (nSPS) is 20.9. The van der Waals surface area contributed by atoms with E-state index in [2.05, 4.69) is 26.5 Å². The molecule has 0 bridgehead atoms. The zero-order valence-electron chi connectivity index (χ0n) is 9.40. The molecule has 4 nitrogen and oxygen atoms in total. The number of anilines is 1. The van der Waals surface area contributed by atoms with Gasteiger partial charge >= 0.3 is 0 Å². The summed E-state index contributed by atoms with van der Waals surface area (Å²) in [5.74, 6) is 1.76. The second kappa shape index (κ2) is 4.57. The van der Waals surface area contributed by atoms with E-state index < -0.39 is 0 Å². The highest BCUT2D eigenvalue weighted by Crippen LogP contribution is 2.20. The first-order valence-corrected chi connectivity index (χ1v) is 5.49. The van der Waals surface area contributed by atoms with Crippen LogP contribution in [0, 0.1) is 12.8 Å². The number of nitrogens with zero attached hydrogens (tertiary/aromatic N) is 3. The molecule has 1 fully saturated rings. The van der Waals surface area contributed by atoms with E-state index in [-0.39, 0.29) is 0 Å². The van der Waals surface area contributed by atoms with Crippen molar-refractivity contribution in [2.75, 3.05) is 31.6 Å². The zero-order valence-corrected chi connectivity index (χ0v) is 9.40. The Morgan fingerprint density at radius 3 is 3.00 bits per heavy atom. The van der Waals surface area contributed by atoms with Gasteiger partial charge < -0.3 is 10.2 Å². The van der Waals surface area contributed by atoms with Gasteiger partial charge in [0.1, 0.15) is 0 Å². The Bertz CT molecular complexity index is 309. The van der Waals surface area contributed by atoms with Gasteiger partial charge in [0.2, 0.25) is 0 Å². The Balaban J connectivity index is 1.98. The third-order valence-corrected chi connectivity index (χ3v) is 2.89. The Hall–Kier alpha value is -1.16. The van der Waals surface area contributed by atoms with Crippen LogP contribution in [0.5, 0.6) is 0 Å². The summed E-state index contributed by atoms with van der Waals surface area (Å²) in [6.45, 7) is 5.25. The molecule has 1 atom stereocenters. The van der Waals surface area contributed by atoms with Gasteiger partial charge in [0, 0.05) is 13.1 Å². The molecule has 1 saturated heterocycles. The van der Waals surface area contributed by atoms with Crippen molar-refractivity contribution in [1.82, 2.24) is 15.5 Å². The molecule has 0 radical (unpaired) electrons. The van der Waals surface area contributed by atoms with Crippen LogP contribution in [0.15, 0.2) is 12.1 Å². The summed E-state index contributed by atoms with van der Waals surface area (Å²) in [5.41, 5.74) is 0.977. The maximum Gasteiger partial charge on any atom is 0.151 e. The highest BCUT2D eigenvalue weighted by molar-refractivity contribution is 5.38. The summed E-state index contributed by atoms with van der Waals surface area (Å²) in [6.07, 6.45) is 1.25. The molecule has 82 valence electrons. The van der Waals surface area contributed by atoms with Gasteiger partial charge in [-0.2, -0.15) is 5.10 Å². The maximum atomic E-state index is 4.21. The Morgan fingerprint density at radius 2 is 2.33 bits per heavy atom. The van der Waals surface area contributed by atoms with Crippen LogP contribution in [0.4, 0.5) is 5.82 Å². The van der Waals surface area contributed by atoms with Crippen molar-refractivity contribution in [2.45, 2.75) is 13.3 Å². The smallest absolute Gasteiger partial charge is 0.151 e. The summed E-state index contributed by atoms with van der Waals surface area (Å²) in [5, 5.41) is 11.5. The molecule has 1 aliphatic rings. The SMILES string of the molecule is CNCC1CCN(c2ccc(C)nn2)C1. The molecule has 0 aliphatic carbocycles. The number of aryl methyl sites for hydroxylation is 1. The molecule has 0 saturated carbocycles. The molecule has 2 heterocycles. The third-order valence-electron chi connectivity index (χ3n) is 2.89. The van der Waals surface area contributed by atoms with Crippen LogP contribution in [0.25, 0.3) is 0 Å². The maximum absolute atomic E-state index is 4.21. The van der Waals surface area contributed by atoms with Crippen molar-refractivity contribution in [1.29, 1.82) is 0 Å². The van der Waals surface area contributed by atoms with Crippen LogP contribution in [-0.2, 0) is 0 Å². The summed E-state index contributed by atoms with van der Waals surface area (Å²) in [6, 6.07) is 4.08. The van der Waals surface area contributed by atoms with Crippen LogP contribution in [0.2, 0.25) is 0 Å². The molecule has 4 heteroatoms. The Kier molecular flexibility index (Phi) is 3.16. The molecule has 1 aromatic heterocycles. The van der Waals surface area contributed by atoms with Crippen molar-refractivity contribution in [2.24, 2.45) is 5.92 Å². The predicted octanol–water partition coefficient (Wildman–Crippen LogP) is 0.831. The fourth-order valence-electron chi connectivity index (χ4n) is 2.06. The van der Waals surface area contributed by atoms with Gasteiger partial charge in [-0.15, -0.1) is 5.10 Å². The summed E-state index contributed by atoms with van der Waals surface area (Å²) < 4.78 is 0. The van der Waals surface area contributed by atoms with E-state index in [1.165, 1.54) is 6.42 Å². The molecule has 1 aliphatic heterocycles. The Labute approximate surface area is 90.7 Å². The lowest BCUT2D eigenvalue weighted by Crippen LogP contribution is -2.25. The van der Waals surface area contributed by atoms with Crippen LogP contribution in [0.3, 0.4) is 0 Å². The number of nitrogens with one attached hydrogen (secondary N) is 1. The number of aromatic nitrogens is 2. The van der Waals surface area contributed by atoms with Crippen molar-refractivity contribution < 1.29 is 0 Å². The monoisotopic (exact) mass is 206 g/mol. The van der Waals surface area contributed by atoms with Crippen molar-refractivity contribution >= 4 is 5.82 Å². The quantitative estimate of drug-likeness (QED) is 0.795. The number of hydrogen-bond acceptors (Lipinski definition) is 4. The lowest BCUT2D eigenvalue weighted by molar-refractivity contribution is 0.548. The van der Waals surface area contributed by atoms with E-state index in [4.69, 9.17) is 0 Å².